The quantitative estimate of drug-likeness (QED) is 0.344. The van der Waals surface area contributed by atoms with Gasteiger partial charge in [-0.05, 0) is 42.8 Å². The minimum Gasteiger partial charge on any atom is -0.479 e. The highest BCUT2D eigenvalue weighted by atomic mass is 35.5. The second kappa shape index (κ2) is 9.39. The Hall–Kier alpha value is -2.76. The van der Waals surface area contributed by atoms with Crippen molar-refractivity contribution in [3.8, 4) is 0 Å². The number of carboxylic acids is 1. The average molecular weight is 468 g/mol. The van der Waals surface area contributed by atoms with E-state index in [1.165, 1.54) is 4.57 Å². The normalized spacial score (nSPS) is 25.4. The first kappa shape index (κ1) is 23.9. The molecule has 0 amide bonds. The first-order chi connectivity index (χ1) is 15.0. The van der Waals surface area contributed by atoms with Gasteiger partial charge in [0.15, 0.2) is 6.10 Å². The molecule has 11 heteroatoms. The minimum absolute atomic E-state index is 0.270. The van der Waals surface area contributed by atoms with E-state index in [0.717, 1.165) is 0 Å². The average Bonchev–Trinajstić information content (AvgIpc) is 3.01. The summed E-state index contributed by atoms with van der Waals surface area (Å²) in [6, 6.07) is 7.99. The number of carbonyl (C=O) groups excluding carboxylic acids is 2. The number of aryl methyl sites for hydroxylation is 1. The van der Waals surface area contributed by atoms with Gasteiger partial charge in [0.05, 0.1) is 12.1 Å². The van der Waals surface area contributed by atoms with Gasteiger partial charge in [-0.2, -0.15) is 0 Å². The third-order valence-corrected chi connectivity index (χ3v) is 5.48. The molecule has 4 N–H and O–H groups in total. The van der Waals surface area contributed by atoms with Crippen LogP contribution < -0.4 is 0 Å². The van der Waals surface area contributed by atoms with Crippen molar-refractivity contribution in [1.82, 2.24) is 4.57 Å². The van der Waals surface area contributed by atoms with E-state index in [1.807, 2.05) is 0 Å². The van der Waals surface area contributed by atoms with Crippen molar-refractivity contribution in [2.45, 2.75) is 44.1 Å². The molecular weight excluding hydrogens is 446 g/mol. The van der Waals surface area contributed by atoms with E-state index in [-0.39, 0.29) is 12.2 Å². The van der Waals surface area contributed by atoms with Crippen molar-refractivity contribution >= 4 is 29.3 Å². The first-order valence-corrected chi connectivity index (χ1v) is 9.96. The van der Waals surface area contributed by atoms with Crippen molar-refractivity contribution in [3.05, 3.63) is 57.9 Å². The van der Waals surface area contributed by atoms with Gasteiger partial charge in [0.25, 0.3) is 0 Å². The van der Waals surface area contributed by atoms with Gasteiger partial charge in [-0.3, -0.25) is 9.59 Å². The fraction of sp³-hybridized carbons (Fsp3) is 0.381. The number of ketones is 1. The molecule has 0 saturated carbocycles. The zero-order valence-corrected chi connectivity index (χ0v) is 17.9. The van der Waals surface area contributed by atoms with Crippen molar-refractivity contribution in [2.24, 2.45) is 7.05 Å². The molecule has 1 aliphatic rings. The number of nitrogens with zero attached hydrogens (tertiary/aromatic N) is 1. The summed E-state index contributed by atoms with van der Waals surface area (Å²) in [6.07, 6.45) is -9.63. The Morgan fingerprint density at radius 3 is 2.31 bits per heavy atom. The van der Waals surface area contributed by atoms with Crippen LogP contribution in [0, 0.1) is 6.92 Å². The number of carbonyl (C=O) groups is 3. The Morgan fingerprint density at radius 1 is 1.09 bits per heavy atom. The van der Waals surface area contributed by atoms with Crippen molar-refractivity contribution < 1.29 is 44.3 Å². The number of halogens is 1. The monoisotopic (exact) mass is 467 g/mol. The molecule has 0 spiro atoms. The summed E-state index contributed by atoms with van der Waals surface area (Å²) in [4.78, 5) is 36.5. The molecule has 32 heavy (non-hydrogen) atoms. The summed E-state index contributed by atoms with van der Waals surface area (Å²) in [5.41, 5.74) is 1.81. The number of esters is 1. The van der Waals surface area contributed by atoms with E-state index in [2.05, 4.69) is 0 Å². The predicted octanol–water partition coefficient (Wildman–Crippen LogP) is 0.196. The highest BCUT2D eigenvalue weighted by Crippen LogP contribution is 2.24. The van der Waals surface area contributed by atoms with Gasteiger partial charge in [0.2, 0.25) is 12.1 Å². The molecule has 5 atom stereocenters. The third-order valence-electron chi connectivity index (χ3n) is 5.23. The Bertz CT molecular complexity index is 1030. The molecule has 0 bridgehead atoms. The third kappa shape index (κ3) is 4.69. The van der Waals surface area contributed by atoms with Gasteiger partial charge in [-0.15, -0.1) is 0 Å². The summed E-state index contributed by atoms with van der Waals surface area (Å²) in [5, 5.41) is 39.1. The predicted molar refractivity (Wildman–Crippen MR) is 109 cm³/mol. The van der Waals surface area contributed by atoms with Gasteiger partial charge in [0.1, 0.15) is 18.3 Å². The first-order valence-electron chi connectivity index (χ1n) is 9.58. The Balaban J connectivity index is 1.74. The van der Waals surface area contributed by atoms with E-state index in [0.29, 0.717) is 27.5 Å². The number of rotatable bonds is 6. The summed E-state index contributed by atoms with van der Waals surface area (Å²) < 4.78 is 11.5. The molecule has 1 aliphatic heterocycles. The van der Waals surface area contributed by atoms with E-state index in [9.17, 15) is 29.7 Å². The van der Waals surface area contributed by atoms with Gasteiger partial charge < -0.3 is 34.5 Å². The highest BCUT2D eigenvalue weighted by Gasteiger charge is 2.48. The number of aliphatic hydroxyl groups is 3. The van der Waals surface area contributed by atoms with Crippen LogP contribution in [0.5, 0.6) is 0 Å². The van der Waals surface area contributed by atoms with E-state index < -0.39 is 42.6 Å². The molecule has 0 radical (unpaired) electrons. The van der Waals surface area contributed by atoms with Crippen LogP contribution in [-0.2, 0) is 32.5 Å². The molecule has 1 saturated heterocycles. The minimum atomic E-state index is -1.89. The van der Waals surface area contributed by atoms with E-state index in [1.54, 1.807) is 44.3 Å². The number of aliphatic hydroxyl groups excluding tert-OH is 3. The smallest absolute Gasteiger partial charge is 0.335 e. The number of aromatic nitrogens is 1. The molecular formula is C21H22ClNO9. The van der Waals surface area contributed by atoms with Crippen LogP contribution in [0.25, 0.3) is 0 Å². The number of aliphatic carboxylic acids is 1. The highest BCUT2D eigenvalue weighted by molar-refractivity contribution is 6.30. The zero-order chi connectivity index (χ0) is 23.7. The standard InChI is InChI=1S/C21H22ClNO9/c1-9-7-12(23(2)14(9)15(25)10-3-5-11(22)6-4-10)8-13(24)31-21-18(28)16(26)17(27)19(32-21)20(29)30/h3-7,16-19,21,26-28H,8H2,1-2H3,(H,29,30)/t16-,17-,18+,19-,21?/m0/s1. The Kier molecular flexibility index (Phi) is 7.01. The number of carboxylic acid groups (broad SMARTS) is 1. The Labute approximate surface area is 187 Å². The summed E-state index contributed by atoms with van der Waals surface area (Å²) >= 11 is 5.86. The van der Waals surface area contributed by atoms with Crippen LogP contribution in [0.2, 0.25) is 5.02 Å². The molecule has 1 fully saturated rings. The molecule has 0 aliphatic carbocycles. The molecule has 172 valence electrons. The molecule has 3 rings (SSSR count). The maximum atomic E-state index is 12.9. The summed E-state index contributed by atoms with van der Waals surface area (Å²) in [5.74, 6) is -2.76. The molecule has 10 nitrogen and oxygen atoms in total. The van der Waals surface area contributed by atoms with Gasteiger partial charge in [0, 0.05) is 23.3 Å². The molecule has 1 aromatic carbocycles. The zero-order valence-electron chi connectivity index (χ0n) is 17.1. The lowest BCUT2D eigenvalue weighted by atomic mass is 9.99. The van der Waals surface area contributed by atoms with E-state index >= 15 is 0 Å². The van der Waals surface area contributed by atoms with Crippen LogP contribution in [0.15, 0.2) is 30.3 Å². The number of hydrogen-bond donors (Lipinski definition) is 4. The second-order valence-electron chi connectivity index (χ2n) is 7.46. The maximum Gasteiger partial charge on any atom is 0.335 e. The maximum absolute atomic E-state index is 12.9. The fourth-order valence-corrected chi connectivity index (χ4v) is 3.66. The molecule has 1 unspecified atom stereocenters. The lowest BCUT2D eigenvalue weighted by molar-refractivity contribution is -0.286. The summed E-state index contributed by atoms with van der Waals surface area (Å²) in [7, 11) is 1.60. The SMILES string of the molecule is Cc1cc(CC(=O)OC2O[C@H](C(=O)O)[C@@H](O)[C@H](O)[C@H]2O)n(C)c1C(=O)c1ccc(Cl)cc1. The van der Waals surface area contributed by atoms with Crippen LogP contribution in [0.1, 0.15) is 27.3 Å². The fourth-order valence-electron chi connectivity index (χ4n) is 3.53. The number of hydrogen-bond acceptors (Lipinski definition) is 8. The van der Waals surface area contributed by atoms with Gasteiger partial charge in [-0.1, -0.05) is 11.6 Å². The van der Waals surface area contributed by atoms with Crippen molar-refractivity contribution in [3.63, 3.8) is 0 Å². The summed E-state index contributed by atoms with van der Waals surface area (Å²) in [6.45, 7) is 1.71. The van der Waals surface area contributed by atoms with Crippen LogP contribution >= 0.6 is 11.6 Å². The molecule has 2 heterocycles. The van der Waals surface area contributed by atoms with Crippen LogP contribution in [-0.4, -0.2) is 73.4 Å². The van der Waals surface area contributed by atoms with Crippen LogP contribution in [0.4, 0.5) is 0 Å². The van der Waals surface area contributed by atoms with Gasteiger partial charge >= 0.3 is 11.9 Å². The van der Waals surface area contributed by atoms with Crippen LogP contribution in [0.3, 0.4) is 0 Å². The topological polar surface area (TPSA) is 156 Å². The lowest BCUT2D eigenvalue weighted by Crippen LogP contribution is -2.60. The number of ether oxygens (including phenoxy) is 2. The molecule has 2 aromatic rings. The largest absolute Gasteiger partial charge is 0.479 e. The second-order valence-corrected chi connectivity index (χ2v) is 7.90. The van der Waals surface area contributed by atoms with Gasteiger partial charge in [-0.25, -0.2) is 4.79 Å². The lowest BCUT2D eigenvalue weighted by Gasteiger charge is -2.37. The van der Waals surface area contributed by atoms with Crippen molar-refractivity contribution in [1.29, 1.82) is 0 Å². The Morgan fingerprint density at radius 2 is 1.72 bits per heavy atom. The number of benzene rings is 1. The van der Waals surface area contributed by atoms with Crippen molar-refractivity contribution in [2.75, 3.05) is 0 Å². The van der Waals surface area contributed by atoms with E-state index in [4.69, 9.17) is 26.2 Å². The molecule has 1 aromatic heterocycles.